The molecule has 1 aliphatic heterocycles. The molecule has 1 N–H and O–H groups in total. The minimum Gasteiger partial charge on any atom is -0.355 e. The highest BCUT2D eigenvalue weighted by atomic mass is 16.2. The van der Waals surface area contributed by atoms with Crippen LogP contribution in [0.1, 0.15) is 31.2 Å². The first kappa shape index (κ1) is 20.1. The first-order valence-electron chi connectivity index (χ1n) is 10.6. The normalized spacial score (nSPS) is 15.9. The van der Waals surface area contributed by atoms with Crippen molar-refractivity contribution in [2.45, 2.75) is 25.7 Å². The average Bonchev–Trinajstić information content (AvgIpc) is 2.80. The van der Waals surface area contributed by atoms with Crippen LogP contribution in [0.5, 0.6) is 0 Å². The molecule has 156 valence electrons. The van der Waals surface area contributed by atoms with E-state index in [2.05, 4.69) is 29.4 Å². The van der Waals surface area contributed by atoms with E-state index in [1.54, 1.807) is 11.6 Å². The van der Waals surface area contributed by atoms with Gasteiger partial charge in [0.05, 0.1) is 11.0 Å². The lowest BCUT2D eigenvalue weighted by Gasteiger charge is -2.32. The summed E-state index contributed by atoms with van der Waals surface area (Å²) in [6.07, 6.45) is 1.45. The molecule has 1 aliphatic rings. The van der Waals surface area contributed by atoms with E-state index in [-0.39, 0.29) is 23.3 Å². The maximum atomic E-state index is 12.8. The lowest BCUT2D eigenvalue weighted by Crippen LogP contribution is -2.43. The van der Waals surface area contributed by atoms with Gasteiger partial charge in [0, 0.05) is 32.6 Å². The van der Waals surface area contributed by atoms with Crippen molar-refractivity contribution in [2.24, 2.45) is 13.0 Å². The molecule has 0 radical (unpaired) electrons. The van der Waals surface area contributed by atoms with E-state index in [1.165, 1.54) is 5.56 Å². The SMILES string of the molecule is CC(CNC(=O)C1CCN(c2nc3ccccc3n(C)c2=O)CC1)c1ccccc1. The number of amides is 1. The van der Waals surface area contributed by atoms with Gasteiger partial charge in [-0.05, 0) is 36.5 Å². The van der Waals surface area contributed by atoms with Gasteiger partial charge in [0.15, 0.2) is 5.82 Å². The summed E-state index contributed by atoms with van der Waals surface area (Å²) >= 11 is 0. The Morgan fingerprint density at radius 1 is 1.10 bits per heavy atom. The van der Waals surface area contributed by atoms with Crippen LogP contribution in [0.15, 0.2) is 59.4 Å². The number of carbonyl (C=O) groups excluding carboxylic acids is 1. The second-order valence-corrected chi connectivity index (χ2v) is 8.11. The number of anilines is 1. The summed E-state index contributed by atoms with van der Waals surface area (Å²) in [5.41, 5.74) is 2.77. The van der Waals surface area contributed by atoms with Gasteiger partial charge in [-0.1, -0.05) is 49.4 Å². The van der Waals surface area contributed by atoms with Crippen LogP contribution in [0.3, 0.4) is 0 Å². The molecule has 0 spiro atoms. The van der Waals surface area contributed by atoms with E-state index in [0.29, 0.717) is 25.5 Å². The Hall–Kier alpha value is -3.15. The first-order valence-corrected chi connectivity index (χ1v) is 10.6. The average molecular weight is 405 g/mol. The summed E-state index contributed by atoms with van der Waals surface area (Å²) in [6, 6.07) is 17.9. The predicted octanol–water partition coefficient (Wildman–Crippen LogP) is 3.07. The Morgan fingerprint density at radius 2 is 1.77 bits per heavy atom. The molecule has 30 heavy (non-hydrogen) atoms. The third kappa shape index (κ3) is 4.08. The van der Waals surface area contributed by atoms with Gasteiger partial charge in [0.25, 0.3) is 5.56 Å². The maximum absolute atomic E-state index is 12.8. The largest absolute Gasteiger partial charge is 0.355 e. The van der Waals surface area contributed by atoms with E-state index in [4.69, 9.17) is 0 Å². The van der Waals surface area contributed by atoms with Gasteiger partial charge < -0.3 is 14.8 Å². The molecule has 1 atom stereocenters. The number of para-hydroxylation sites is 2. The molecule has 0 bridgehead atoms. The van der Waals surface area contributed by atoms with Gasteiger partial charge in [-0.2, -0.15) is 0 Å². The minimum absolute atomic E-state index is 0.0199. The zero-order valence-electron chi connectivity index (χ0n) is 17.5. The van der Waals surface area contributed by atoms with Crippen molar-refractivity contribution >= 4 is 22.8 Å². The zero-order valence-corrected chi connectivity index (χ0v) is 17.5. The van der Waals surface area contributed by atoms with Gasteiger partial charge >= 0.3 is 0 Å². The molecule has 2 aromatic carbocycles. The fourth-order valence-electron chi connectivity index (χ4n) is 4.12. The van der Waals surface area contributed by atoms with Crippen molar-refractivity contribution in [3.05, 3.63) is 70.5 Å². The van der Waals surface area contributed by atoms with E-state index < -0.39 is 0 Å². The van der Waals surface area contributed by atoms with Gasteiger partial charge in [0.1, 0.15) is 0 Å². The third-order valence-corrected chi connectivity index (χ3v) is 6.08. The van der Waals surface area contributed by atoms with Crippen LogP contribution in [0.4, 0.5) is 5.82 Å². The number of piperidine rings is 1. The number of benzene rings is 2. The monoisotopic (exact) mass is 404 g/mol. The molecule has 6 nitrogen and oxygen atoms in total. The standard InChI is InChI=1S/C24H28N4O2/c1-17(18-8-4-3-5-9-18)16-25-23(29)19-12-14-28(15-13-19)22-24(30)27(2)21-11-7-6-10-20(21)26-22/h3-11,17,19H,12-16H2,1-2H3,(H,25,29). The molecule has 2 heterocycles. The minimum atomic E-state index is -0.0895. The predicted molar refractivity (Wildman–Crippen MR) is 120 cm³/mol. The topological polar surface area (TPSA) is 67.2 Å². The second kappa shape index (κ2) is 8.69. The van der Waals surface area contributed by atoms with Crippen molar-refractivity contribution < 1.29 is 4.79 Å². The molecule has 3 aromatic rings. The number of hydrogen-bond acceptors (Lipinski definition) is 4. The Bertz CT molecular complexity index is 1090. The first-order chi connectivity index (χ1) is 14.5. The Labute approximate surface area is 176 Å². The third-order valence-electron chi connectivity index (χ3n) is 6.08. The maximum Gasteiger partial charge on any atom is 0.293 e. The number of aryl methyl sites for hydroxylation is 1. The number of carbonyl (C=O) groups is 1. The highest BCUT2D eigenvalue weighted by molar-refractivity contribution is 5.79. The molecule has 1 unspecified atom stereocenters. The smallest absolute Gasteiger partial charge is 0.293 e. The molecule has 0 aliphatic carbocycles. The molecular weight excluding hydrogens is 376 g/mol. The fourth-order valence-corrected chi connectivity index (χ4v) is 4.12. The molecule has 1 saturated heterocycles. The summed E-state index contributed by atoms with van der Waals surface area (Å²) < 4.78 is 1.65. The van der Waals surface area contributed by atoms with Crippen molar-refractivity contribution in [3.8, 4) is 0 Å². The van der Waals surface area contributed by atoms with Crippen molar-refractivity contribution in [1.29, 1.82) is 0 Å². The molecule has 6 heteroatoms. The molecule has 4 rings (SSSR count). The summed E-state index contributed by atoms with van der Waals surface area (Å²) in [6.45, 7) is 4.08. The van der Waals surface area contributed by atoms with Crippen LogP contribution in [-0.4, -0.2) is 35.1 Å². The Morgan fingerprint density at radius 3 is 2.50 bits per heavy atom. The van der Waals surface area contributed by atoms with Gasteiger partial charge in [0.2, 0.25) is 5.91 Å². The lowest BCUT2D eigenvalue weighted by molar-refractivity contribution is -0.125. The Balaban J connectivity index is 1.37. The number of nitrogens with one attached hydrogen (secondary N) is 1. The summed E-state index contributed by atoms with van der Waals surface area (Å²) in [5.74, 6) is 0.846. The number of rotatable bonds is 5. The van der Waals surface area contributed by atoms with Gasteiger partial charge in [-0.15, -0.1) is 0 Å². The highest BCUT2D eigenvalue weighted by Crippen LogP contribution is 2.22. The molecule has 1 fully saturated rings. The van der Waals surface area contributed by atoms with Crippen LogP contribution in [0, 0.1) is 5.92 Å². The number of hydrogen-bond donors (Lipinski definition) is 1. The van der Waals surface area contributed by atoms with Crippen LogP contribution >= 0.6 is 0 Å². The fraction of sp³-hybridized carbons (Fsp3) is 0.375. The number of nitrogens with zero attached hydrogens (tertiary/aromatic N) is 3. The number of aromatic nitrogens is 2. The molecule has 1 aromatic heterocycles. The van der Waals surface area contributed by atoms with Crippen LogP contribution < -0.4 is 15.8 Å². The number of fused-ring (bicyclic) bond motifs is 1. The molecule has 1 amide bonds. The van der Waals surface area contributed by atoms with E-state index in [9.17, 15) is 9.59 Å². The summed E-state index contributed by atoms with van der Waals surface area (Å²) in [5, 5.41) is 3.11. The van der Waals surface area contributed by atoms with E-state index in [1.807, 2.05) is 47.4 Å². The van der Waals surface area contributed by atoms with Crippen molar-refractivity contribution in [1.82, 2.24) is 14.9 Å². The van der Waals surface area contributed by atoms with Crippen LogP contribution in [-0.2, 0) is 11.8 Å². The Kier molecular flexibility index (Phi) is 5.84. The zero-order chi connectivity index (χ0) is 21.1. The van der Waals surface area contributed by atoms with E-state index in [0.717, 1.165) is 23.9 Å². The van der Waals surface area contributed by atoms with Crippen molar-refractivity contribution in [3.63, 3.8) is 0 Å². The van der Waals surface area contributed by atoms with Crippen LogP contribution in [0.25, 0.3) is 11.0 Å². The summed E-state index contributed by atoms with van der Waals surface area (Å²) in [7, 11) is 1.78. The highest BCUT2D eigenvalue weighted by Gasteiger charge is 2.27. The van der Waals surface area contributed by atoms with Crippen LogP contribution in [0.2, 0.25) is 0 Å². The van der Waals surface area contributed by atoms with Crippen molar-refractivity contribution in [2.75, 3.05) is 24.5 Å². The second-order valence-electron chi connectivity index (χ2n) is 8.11. The summed E-state index contributed by atoms with van der Waals surface area (Å²) in [4.78, 5) is 32.1. The van der Waals surface area contributed by atoms with Gasteiger partial charge in [-0.3, -0.25) is 9.59 Å². The van der Waals surface area contributed by atoms with E-state index >= 15 is 0 Å². The molecule has 0 saturated carbocycles. The molecular formula is C24H28N4O2. The quantitative estimate of drug-likeness (QED) is 0.710. The van der Waals surface area contributed by atoms with Gasteiger partial charge in [-0.25, -0.2) is 4.98 Å². The lowest BCUT2D eigenvalue weighted by atomic mass is 9.95.